The van der Waals surface area contributed by atoms with Crippen LogP contribution in [0.1, 0.15) is 26.2 Å². The van der Waals surface area contributed by atoms with Crippen molar-refractivity contribution in [2.45, 2.75) is 38.3 Å². The van der Waals surface area contributed by atoms with Gasteiger partial charge in [0.15, 0.2) is 0 Å². The fourth-order valence-corrected chi connectivity index (χ4v) is 4.33. The molecule has 8 heteroatoms. The Balaban J connectivity index is 2.10. The molecule has 1 aliphatic heterocycles. The molecule has 1 amide bonds. The maximum Gasteiger partial charge on any atom is 0.246 e. The summed E-state index contributed by atoms with van der Waals surface area (Å²) in [6, 6.07) is -0.194. The van der Waals surface area contributed by atoms with E-state index < -0.39 is 10.0 Å². The number of nitrogens with one attached hydrogen (secondary N) is 1. The number of carbonyl (C=O) groups excluding carboxylic acids is 1. The summed E-state index contributed by atoms with van der Waals surface area (Å²) in [6.45, 7) is 2.61. The smallest absolute Gasteiger partial charge is 0.246 e. The minimum absolute atomic E-state index is 0.109. The summed E-state index contributed by atoms with van der Waals surface area (Å²) in [5.41, 5.74) is 1.69. The topological polar surface area (TPSA) is 95.9 Å². The third-order valence-electron chi connectivity index (χ3n) is 4.29. The second kappa shape index (κ2) is 5.97. The zero-order valence-corrected chi connectivity index (χ0v) is 12.6. The van der Waals surface area contributed by atoms with E-state index >= 15 is 0 Å². The van der Waals surface area contributed by atoms with Gasteiger partial charge in [0.05, 0.1) is 19.0 Å². The fraction of sp³-hybridized carbons (Fsp3) is 0.917. The van der Waals surface area contributed by atoms with Crippen molar-refractivity contribution in [3.63, 3.8) is 0 Å². The van der Waals surface area contributed by atoms with Crippen molar-refractivity contribution in [3.8, 4) is 0 Å². The first-order valence-electron chi connectivity index (χ1n) is 6.85. The van der Waals surface area contributed by atoms with Gasteiger partial charge in [-0.15, -0.1) is 0 Å². The van der Waals surface area contributed by atoms with Crippen LogP contribution in [0.5, 0.6) is 0 Å². The van der Waals surface area contributed by atoms with Gasteiger partial charge in [0, 0.05) is 18.5 Å². The van der Waals surface area contributed by atoms with E-state index in [0.29, 0.717) is 26.0 Å². The van der Waals surface area contributed by atoms with Crippen molar-refractivity contribution in [2.24, 2.45) is 11.8 Å². The zero-order valence-electron chi connectivity index (χ0n) is 11.8. The number of rotatable bonds is 2. The summed E-state index contributed by atoms with van der Waals surface area (Å²) in [5, 5.41) is 8.70. The standard InChI is InChI=1S/C12H22N2O5S/c1-8-7-19-11-5-9(12(15)13-16)3-4-10(11)6-14(8)20(2,17)18/h8-11,16H,3-7H2,1-2H3,(H,13,15)/t8-,9?,10?,11?/m0/s1. The number of ether oxygens (including phenoxy) is 1. The highest BCUT2D eigenvalue weighted by Gasteiger charge is 2.40. The van der Waals surface area contributed by atoms with Crippen molar-refractivity contribution in [1.82, 2.24) is 9.79 Å². The number of hydrogen-bond acceptors (Lipinski definition) is 5. The molecule has 116 valence electrons. The Morgan fingerprint density at radius 2 is 2.10 bits per heavy atom. The molecule has 7 nitrogen and oxygen atoms in total. The number of nitrogens with zero attached hydrogens (tertiary/aromatic N) is 1. The van der Waals surface area contributed by atoms with E-state index in [0.717, 1.165) is 6.42 Å². The van der Waals surface area contributed by atoms with Crippen molar-refractivity contribution in [3.05, 3.63) is 0 Å². The lowest BCUT2D eigenvalue weighted by Crippen LogP contribution is -2.43. The molecule has 0 radical (unpaired) electrons. The van der Waals surface area contributed by atoms with Crippen LogP contribution in [0.4, 0.5) is 0 Å². The predicted molar refractivity (Wildman–Crippen MR) is 71.5 cm³/mol. The van der Waals surface area contributed by atoms with Crippen LogP contribution in [0.25, 0.3) is 0 Å². The molecule has 0 aromatic rings. The number of carbonyl (C=O) groups is 1. The molecule has 2 aliphatic rings. The number of sulfonamides is 1. The number of fused-ring (bicyclic) bond motifs is 1. The highest BCUT2D eigenvalue weighted by molar-refractivity contribution is 7.88. The van der Waals surface area contributed by atoms with Gasteiger partial charge < -0.3 is 4.74 Å². The van der Waals surface area contributed by atoms with Crippen LogP contribution >= 0.6 is 0 Å². The minimum atomic E-state index is -3.25. The van der Waals surface area contributed by atoms with Crippen LogP contribution in [0.2, 0.25) is 0 Å². The first kappa shape index (κ1) is 15.7. The Morgan fingerprint density at radius 3 is 2.70 bits per heavy atom. The van der Waals surface area contributed by atoms with Crippen LogP contribution in [0.15, 0.2) is 0 Å². The third kappa shape index (κ3) is 3.30. The fourth-order valence-electron chi connectivity index (χ4n) is 3.15. The summed E-state index contributed by atoms with van der Waals surface area (Å²) in [7, 11) is -3.25. The highest BCUT2D eigenvalue weighted by Crippen LogP contribution is 2.34. The predicted octanol–water partition coefficient (Wildman–Crippen LogP) is -0.0430. The van der Waals surface area contributed by atoms with Gasteiger partial charge in [0.2, 0.25) is 15.9 Å². The largest absolute Gasteiger partial charge is 0.376 e. The molecule has 1 heterocycles. The molecule has 0 bridgehead atoms. The lowest BCUT2D eigenvalue weighted by Gasteiger charge is -2.34. The van der Waals surface area contributed by atoms with E-state index in [1.807, 2.05) is 6.92 Å². The Labute approximate surface area is 119 Å². The molecule has 2 rings (SSSR count). The molecule has 2 N–H and O–H groups in total. The van der Waals surface area contributed by atoms with Gasteiger partial charge in [-0.2, -0.15) is 4.31 Å². The Bertz CT molecular complexity index is 466. The van der Waals surface area contributed by atoms with Gasteiger partial charge in [-0.3, -0.25) is 10.0 Å². The molecule has 1 saturated heterocycles. The van der Waals surface area contributed by atoms with Crippen LogP contribution in [0.3, 0.4) is 0 Å². The van der Waals surface area contributed by atoms with E-state index in [1.54, 1.807) is 5.48 Å². The van der Waals surface area contributed by atoms with E-state index in [1.165, 1.54) is 10.6 Å². The number of hydrogen-bond donors (Lipinski definition) is 2. The van der Waals surface area contributed by atoms with Gasteiger partial charge >= 0.3 is 0 Å². The molecule has 0 aromatic carbocycles. The van der Waals surface area contributed by atoms with Gasteiger partial charge in [0.1, 0.15) is 0 Å². The van der Waals surface area contributed by atoms with E-state index in [4.69, 9.17) is 9.94 Å². The molecule has 1 aliphatic carbocycles. The summed E-state index contributed by atoms with van der Waals surface area (Å²) in [5.74, 6) is -0.539. The van der Waals surface area contributed by atoms with E-state index in [9.17, 15) is 13.2 Å². The Morgan fingerprint density at radius 1 is 1.40 bits per heavy atom. The van der Waals surface area contributed by atoms with Gasteiger partial charge in [-0.05, 0) is 32.1 Å². The lowest BCUT2D eigenvalue weighted by atomic mass is 9.79. The quantitative estimate of drug-likeness (QED) is 0.551. The first-order chi connectivity index (χ1) is 9.32. The molecule has 2 fully saturated rings. The summed E-state index contributed by atoms with van der Waals surface area (Å²) in [4.78, 5) is 11.5. The van der Waals surface area contributed by atoms with Crippen LogP contribution in [-0.2, 0) is 19.6 Å². The molecular weight excluding hydrogens is 284 g/mol. The van der Waals surface area contributed by atoms with Crippen molar-refractivity contribution >= 4 is 15.9 Å². The minimum Gasteiger partial charge on any atom is -0.376 e. The highest BCUT2D eigenvalue weighted by atomic mass is 32.2. The molecule has 0 aromatic heterocycles. The van der Waals surface area contributed by atoms with E-state index in [2.05, 4.69) is 0 Å². The SMILES string of the molecule is C[C@H]1COC2CC(C(=O)NO)CCC2CN1S(C)(=O)=O. The zero-order chi connectivity index (χ0) is 14.9. The summed E-state index contributed by atoms with van der Waals surface area (Å²) in [6.07, 6.45) is 2.99. The molecule has 4 atom stereocenters. The van der Waals surface area contributed by atoms with Gasteiger partial charge in [-0.25, -0.2) is 13.9 Å². The van der Waals surface area contributed by atoms with Gasteiger partial charge in [0.25, 0.3) is 0 Å². The average Bonchev–Trinajstić information content (AvgIpc) is 2.56. The van der Waals surface area contributed by atoms with Crippen molar-refractivity contribution in [1.29, 1.82) is 0 Å². The Kier molecular flexibility index (Phi) is 4.68. The van der Waals surface area contributed by atoms with Crippen LogP contribution in [0, 0.1) is 11.8 Å². The maximum absolute atomic E-state index is 11.8. The monoisotopic (exact) mass is 306 g/mol. The summed E-state index contributed by atoms with van der Waals surface area (Å²) >= 11 is 0. The van der Waals surface area contributed by atoms with Crippen LogP contribution < -0.4 is 5.48 Å². The summed E-state index contributed by atoms with van der Waals surface area (Å²) < 4.78 is 30.9. The van der Waals surface area contributed by atoms with Gasteiger partial charge in [-0.1, -0.05) is 0 Å². The van der Waals surface area contributed by atoms with Crippen LogP contribution in [-0.4, -0.2) is 55.4 Å². The second-order valence-electron chi connectivity index (χ2n) is 5.80. The normalized spacial score (nSPS) is 36.0. The first-order valence-corrected chi connectivity index (χ1v) is 8.70. The molecule has 0 spiro atoms. The van der Waals surface area contributed by atoms with Crippen molar-refractivity contribution in [2.75, 3.05) is 19.4 Å². The van der Waals surface area contributed by atoms with Crippen molar-refractivity contribution < 1.29 is 23.2 Å². The number of amides is 1. The maximum atomic E-state index is 11.8. The average molecular weight is 306 g/mol. The Hall–Kier alpha value is -0.700. The molecule has 1 saturated carbocycles. The molecule has 3 unspecified atom stereocenters. The molecular formula is C12H22N2O5S. The third-order valence-corrected chi connectivity index (χ3v) is 5.65. The lowest BCUT2D eigenvalue weighted by molar-refractivity contribution is -0.137. The molecule has 20 heavy (non-hydrogen) atoms. The second-order valence-corrected chi connectivity index (χ2v) is 7.73. The number of hydroxylamine groups is 1. The van der Waals surface area contributed by atoms with E-state index in [-0.39, 0.29) is 29.9 Å².